The van der Waals surface area contributed by atoms with Crippen molar-refractivity contribution in [1.29, 1.82) is 0 Å². The van der Waals surface area contributed by atoms with Gasteiger partial charge in [0.05, 0.1) is 5.75 Å². The molecule has 0 bridgehead atoms. The first kappa shape index (κ1) is 15.4. The second kappa shape index (κ2) is 6.52. The van der Waals surface area contributed by atoms with Crippen LogP contribution in [0.5, 0.6) is 0 Å². The van der Waals surface area contributed by atoms with Gasteiger partial charge in [0.1, 0.15) is 0 Å². The molecule has 106 valence electrons. The Hall–Kier alpha value is -0.620. The highest BCUT2D eigenvalue weighted by Gasteiger charge is 2.29. The van der Waals surface area contributed by atoms with Crippen molar-refractivity contribution >= 4 is 16.0 Å². The lowest BCUT2D eigenvalue weighted by molar-refractivity contribution is -0.137. The first-order valence-corrected chi connectivity index (χ1v) is 8.19. The van der Waals surface area contributed by atoms with Crippen LogP contribution in [0.2, 0.25) is 0 Å². The third-order valence-corrected chi connectivity index (χ3v) is 5.33. The van der Waals surface area contributed by atoms with Gasteiger partial charge in [-0.05, 0) is 24.7 Å². The van der Waals surface area contributed by atoms with Crippen LogP contribution in [0, 0.1) is 11.8 Å². The number of aliphatic carboxylic acids is 1. The molecule has 1 fully saturated rings. The summed E-state index contributed by atoms with van der Waals surface area (Å²) >= 11 is 0. The summed E-state index contributed by atoms with van der Waals surface area (Å²) in [6, 6.07) is 0.00331. The first-order valence-electron chi connectivity index (χ1n) is 6.53. The van der Waals surface area contributed by atoms with Crippen molar-refractivity contribution in [2.24, 2.45) is 11.8 Å². The van der Waals surface area contributed by atoms with E-state index in [0.717, 1.165) is 19.3 Å². The molecule has 3 atom stereocenters. The maximum absolute atomic E-state index is 11.8. The molecule has 18 heavy (non-hydrogen) atoms. The average Bonchev–Trinajstić information content (AvgIpc) is 2.23. The molecule has 2 N–H and O–H groups in total. The summed E-state index contributed by atoms with van der Waals surface area (Å²) in [5.41, 5.74) is 0. The lowest BCUT2D eigenvalue weighted by atomic mass is 9.78. The topological polar surface area (TPSA) is 83.5 Å². The first-order chi connectivity index (χ1) is 8.32. The minimum Gasteiger partial charge on any atom is -0.481 e. The standard InChI is InChI=1S/C12H23NO4S/c1-9-5-3-6-11(10(9)2)13-18(16,17)8-4-7-12(14)15/h9-11,13H,3-8H2,1-2H3,(H,14,15). The Labute approximate surface area is 109 Å². The van der Waals surface area contributed by atoms with Crippen LogP contribution in [0.25, 0.3) is 0 Å². The number of hydrogen-bond donors (Lipinski definition) is 2. The Morgan fingerprint density at radius 2 is 2.00 bits per heavy atom. The number of carboxylic acid groups (broad SMARTS) is 1. The Morgan fingerprint density at radius 3 is 2.61 bits per heavy atom. The van der Waals surface area contributed by atoms with Gasteiger partial charge in [-0.25, -0.2) is 13.1 Å². The van der Waals surface area contributed by atoms with Gasteiger partial charge in [-0.2, -0.15) is 0 Å². The molecule has 0 aromatic rings. The third kappa shape index (κ3) is 4.94. The van der Waals surface area contributed by atoms with Crippen LogP contribution >= 0.6 is 0 Å². The van der Waals surface area contributed by atoms with Crippen LogP contribution in [0.3, 0.4) is 0 Å². The fourth-order valence-corrected chi connectivity index (χ4v) is 3.89. The van der Waals surface area contributed by atoms with E-state index in [0.29, 0.717) is 11.8 Å². The SMILES string of the molecule is CC1CCCC(NS(=O)(=O)CCCC(=O)O)C1C. The van der Waals surface area contributed by atoms with Crippen molar-refractivity contribution in [3.8, 4) is 0 Å². The second-order valence-corrected chi connectivity index (χ2v) is 7.18. The van der Waals surface area contributed by atoms with E-state index in [1.807, 2.05) is 0 Å². The predicted octanol–water partition coefficient (Wildman–Crippen LogP) is 1.60. The van der Waals surface area contributed by atoms with Gasteiger partial charge in [-0.15, -0.1) is 0 Å². The van der Waals surface area contributed by atoms with E-state index in [2.05, 4.69) is 18.6 Å². The summed E-state index contributed by atoms with van der Waals surface area (Å²) in [5.74, 6) is -0.181. The summed E-state index contributed by atoms with van der Waals surface area (Å²) < 4.78 is 26.4. The van der Waals surface area contributed by atoms with E-state index in [4.69, 9.17) is 5.11 Å². The van der Waals surface area contributed by atoms with E-state index < -0.39 is 16.0 Å². The maximum Gasteiger partial charge on any atom is 0.303 e. The molecule has 3 unspecified atom stereocenters. The Kier molecular flexibility index (Phi) is 5.59. The molecule has 0 aliphatic heterocycles. The van der Waals surface area contributed by atoms with Gasteiger partial charge < -0.3 is 5.11 Å². The Morgan fingerprint density at radius 1 is 1.33 bits per heavy atom. The van der Waals surface area contributed by atoms with Gasteiger partial charge in [0.15, 0.2) is 0 Å². The van der Waals surface area contributed by atoms with Crippen molar-refractivity contribution in [3.05, 3.63) is 0 Å². The van der Waals surface area contributed by atoms with Crippen molar-refractivity contribution in [2.75, 3.05) is 5.75 Å². The minimum absolute atomic E-state index is 0.00331. The van der Waals surface area contributed by atoms with Crippen LogP contribution < -0.4 is 4.72 Å². The van der Waals surface area contributed by atoms with Gasteiger partial charge in [0.25, 0.3) is 0 Å². The summed E-state index contributed by atoms with van der Waals surface area (Å²) in [4.78, 5) is 10.4. The van der Waals surface area contributed by atoms with Gasteiger partial charge in [0.2, 0.25) is 10.0 Å². The number of nitrogens with one attached hydrogen (secondary N) is 1. The molecule has 0 amide bonds. The molecule has 0 spiro atoms. The lowest BCUT2D eigenvalue weighted by Gasteiger charge is -2.34. The quantitative estimate of drug-likeness (QED) is 0.772. The van der Waals surface area contributed by atoms with E-state index in [1.165, 1.54) is 0 Å². The zero-order chi connectivity index (χ0) is 13.8. The number of rotatable bonds is 6. The zero-order valence-corrected chi connectivity index (χ0v) is 11.9. The van der Waals surface area contributed by atoms with Gasteiger partial charge in [0, 0.05) is 12.5 Å². The molecule has 1 aliphatic carbocycles. The largest absolute Gasteiger partial charge is 0.481 e. The molecule has 5 nitrogen and oxygen atoms in total. The molecular weight excluding hydrogens is 254 g/mol. The molecule has 0 aromatic heterocycles. The normalized spacial score (nSPS) is 29.1. The summed E-state index contributed by atoms with van der Waals surface area (Å²) in [7, 11) is -3.35. The maximum atomic E-state index is 11.8. The van der Waals surface area contributed by atoms with E-state index in [9.17, 15) is 13.2 Å². The van der Waals surface area contributed by atoms with Gasteiger partial charge in [-0.1, -0.05) is 26.7 Å². The molecule has 0 radical (unpaired) electrons. The second-order valence-electron chi connectivity index (χ2n) is 5.31. The zero-order valence-electron chi connectivity index (χ0n) is 11.1. The van der Waals surface area contributed by atoms with Crippen molar-refractivity contribution < 1.29 is 18.3 Å². The monoisotopic (exact) mass is 277 g/mol. The van der Waals surface area contributed by atoms with Crippen LogP contribution in [0.1, 0.15) is 46.0 Å². The molecule has 1 aliphatic rings. The molecule has 1 saturated carbocycles. The molecule has 0 heterocycles. The molecule has 1 rings (SSSR count). The number of carbonyl (C=O) groups is 1. The number of carboxylic acids is 1. The smallest absolute Gasteiger partial charge is 0.303 e. The lowest BCUT2D eigenvalue weighted by Crippen LogP contribution is -2.44. The van der Waals surface area contributed by atoms with Crippen LogP contribution in [0.15, 0.2) is 0 Å². The van der Waals surface area contributed by atoms with E-state index in [-0.39, 0.29) is 24.6 Å². The van der Waals surface area contributed by atoms with Crippen molar-refractivity contribution in [1.82, 2.24) is 4.72 Å². The molecular formula is C12H23NO4S. The molecule has 6 heteroatoms. The highest BCUT2D eigenvalue weighted by Crippen LogP contribution is 2.29. The number of hydrogen-bond acceptors (Lipinski definition) is 3. The fourth-order valence-electron chi connectivity index (χ4n) is 2.45. The predicted molar refractivity (Wildman–Crippen MR) is 69.8 cm³/mol. The van der Waals surface area contributed by atoms with E-state index in [1.54, 1.807) is 0 Å². The van der Waals surface area contributed by atoms with Crippen LogP contribution in [-0.4, -0.2) is 31.3 Å². The minimum atomic E-state index is -3.35. The van der Waals surface area contributed by atoms with Gasteiger partial charge in [-0.3, -0.25) is 4.79 Å². The van der Waals surface area contributed by atoms with Gasteiger partial charge >= 0.3 is 5.97 Å². The van der Waals surface area contributed by atoms with Crippen molar-refractivity contribution in [2.45, 2.75) is 52.0 Å². The summed E-state index contributed by atoms with van der Waals surface area (Å²) in [5, 5.41) is 8.49. The Bertz CT molecular complexity index is 380. The van der Waals surface area contributed by atoms with E-state index >= 15 is 0 Å². The summed E-state index contributed by atoms with van der Waals surface area (Å²) in [6.07, 6.45) is 3.15. The number of sulfonamides is 1. The fraction of sp³-hybridized carbons (Fsp3) is 0.917. The average molecular weight is 277 g/mol. The third-order valence-electron chi connectivity index (χ3n) is 3.84. The Balaban J connectivity index is 2.46. The van der Waals surface area contributed by atoms with Crippen LogP contribution in [-0.2, 0) is 14.8 Å². The van der Waals surface area contributed by atoms with Crippen molar-refractivity contribution in [3.63, 3.8) is 0 Å². The summed E-state index contributed by atoms with van der Waals surface area (Å²) in [6.45, 7) is 4.23. The highest BCUT2D eigenvalue weighted by atomic mass is 32.2. The molecule has 0 saturated heterocycles. The van der Waals surface area contributed by atoms with Crippen LogP contribution in [0.4, 0.5) is 0 Å². The molecule has 0 aromatic carbocycles. The highest BCUT2D eigenvalue weighted by molar-refractivity contribution is 7.89.